The van der Waals surface area contributed by atoms with E-state index in [1.54, 1.807) is 10.9 Å². The lowest BCUT2D eigenvalue weighted by molar-refractivity contribution is -0.115. The van der Waals surface area contributed by atoms with Gasteiger partial charge in [0.15, 0.2) is 0 Å². The van der Waals surface area contributed by atoms with E-state index in [2.05, 4.69) is 26.9 Å². The number of amides is 1. The molecule has 0 atom stereocenters. The van der Waals surface area contributed by atoms with Crippen molar-refractivity contribution in [2.24, 2.45) is 0 Å². The summed E-state index contributed by atoms with van der Waals surface area (Å²) >= 11 is 1.43. The van der Waals surface area contributed by atoms with Gasteiger partial charge in [0, 0.05) is 17.9 Å². The molecule has 0 aromatic carbocycles. The van der Waals surface area contributed by atoms with Crippen molar-refractivity contribution in [3.05, 3.63) is 41.0 Å². The monoisotopic (exact) mass is 413 g/mol. The molecular formula is C19H23N7O2S. The fourth-order valence-corrected chi connectivity index (χ4v) is 3.86. The molecule has 3 rings (SSSR count). The molecule has 1 amide bonds. The van der Waals surface area contributed by atoms with Crippen molar-refractivity contribution in [2.75, 3.05) is 11.1 Å². The number of rotatable bonds is 8. The van der Waals surface area contributed by atoms with Gasteiger partial charge in [0.2, 0.25) is 11.1 Å². The molecule has 0 saturated heterocycles. The third-order valence-electron chi connectivity index (χ3n) is 4.61. The lowest BCUT2D eigenvalue weighted by Crippen LogP contribution is -2.17. The molecule has 152 valence electrons. The molecule has 9 nitrogen and oxygen atoms in total. The molecule has 0 bridgehead atoms. The zero-order chi connectivity index (χ0) is 21.0. The van der Waals surface area contributed by atoms with E-state index < -0.39 is 0 Å². The highest BCUT2D eigenvalue weighted by atomic mass is 32.2. The minimum atomic E-state index is -0.171. The molecule has 0 aliphatic heterocycles. The molecular weight excluding hydrogens is 390 g/mol. The summed E-state index contributed by atoms with van der Waals surface area (Å²) in [7, 11) is 0. The van der Waals surface area contributed by atoms with E-state index in [9.17, 15) is 10.1 Å². The minimum absolute atomic E-state index is 0.148. The van der Waals surface area contributed by atoms with Crippen molar-refractivity contribution in [1.82, 2.24) is 24.8 Å². The Morgan fingerprint density at radius 1 is 1.41 bits per heavy atom. The molecule has 0 radical (unpaired) electrons. The van der Waals surface area contributed by atoms with Gasteiger partial charge in [-0.15, -0.1) is 5.10 Å². The Kier molecular flexibility index (Phi) is 6.39. The first kappa shape index (κ1) is 20.7. The van der Waals surface area contributed by atoms with Crippen LogP contribution < -0.4 is 5.32 Å². The van der Waals surface area contributed by atoms with Crippen LogP contribution in [0.2, 0.25) is 0 Å². The number of nitrogens with zero attached hydrogens (tertiary/aromatic N) is 6. The number of aromatic nitrogens is 5. The van der Waals surface area contributed by atoms with Crippen molar-refractivity contribution < 1.29 is 9.21 Å². The van der Waals surface area contributed by atoms with E-state index in [0.717, 1.165) is 17.0 Å². The van der Waals surface area contributed by atoms with E-state index >= 15 is 0 Å². The van der Waals surface area contributed by atoms with Crippen molar-refractivity contribution in [3.63, 3.8) is 0 Å². The zero-order valence-electron chi connectivity index (χ0n) is 16.8. The molecule has 0 aliphatic carbocycles. The van der Waals surface area contributed by atoms with Crippen molar-refractivity contribution >= 4 is 23.5 Å². The summed E-state index contributed by atoms with van der Waals surface area (Å²) in [6.45, 7) is 8.23. The van der Waals surface area contributed by atoms with Crippen LogP contribution in [-0.2, 0) is 11.3 Å². The number of thioether (sulfide) groups is 1. The summed E-state index contributed by atoms with van der Waals surface area (Å²) in [4.78, 5) is 12.6. The van der Waals surface area contributed by atoms with Gasteiger partial charge in [-0.05, 0) is 55.8 Å². The number of anilines is 1. The second kappa shape index (κ2) is 8.96. The Bertz CT molecular complexity index is 1030. The summed E-state index contributed by atoms with van der Waals surface area (Å²) in [5.74, 6) is 1.60. The van der Waals surface area contributed by atoms with Crippen molar-refractivity contribution in [1.29, 1.82) is 5.26 Å². The quantitative estimate of drug-likeness (QED) is 0.563. The van der Waals surface area contributed by atoms with Crippen LogP contribution in [0.3, 0.4) is 0 Å². The Labute approximate surface area is 173 Å². The second-order valence-electron chi connectivity index (χ2n) is 6.86. The standard InChI is InChI=1S/C19H23N7O2S/c1-12(2)26-19(22-23-24-26)29-9-7-17(27)21-18-16(10-20)13(3)14(4)25(18)11-15-6-5-8-28-15/h5-6,8,12H,7,9,11H2,1-4H3,(H,21,27). The highest BCUT2D eigenvalue weighted by Gasteiger charge is 2.20. The maximum absolute atomic E-state index is 12.6. The van der Waals surface area contributed by atoms with Gasteiger partial charge < -0.3 is 14.3 Å². The molecule has 3 aromatic rings. The van der Waals surface area contributed by atoms with Crippen LogP contribution in [0.1, 0.15) is 48.9 Å². The average Bonchev–Trinajstić information content (AvgIpc) is 3.40. The fourth-order valence-electron chi connectivity index (χ4n) is 2.92. The molecule has 0 fully saturated rings. The molecule has 0 aliphatic rings. The third kappa shape index (κ3) is 4.51. The summed E-state index contributed by atoms with van der Waals surface area (Å²) < 4.78 is 9.05. The molecule has 29 heavy (non-hydrogen) atoms. The first-order valence-corrected chi connectivity index (χ1v) is 10.2. The lowest BCUT2D eigenvalue weighted by Gasteiger charge is -2.12. The minimum Gasteiger partial charge on any atom is -0.467 e. The van der Waals surface area contributed by atoms with E-state index in [1.807, 2.05) is 44.4 Å². The maximum atomic E-state index is 12.6. The Balaban J connectivity index is 1.70. The van der Waals surface area contributed by atoms with E-state index in [-0.39, 0.29) is 18.4 Å². The number of nitrogens with one attached hydrogen (secondary N) is 1. The predicted molar refractivity (Wildman–Crippen MR) is 109 cm³/mol. The van der Waals surface area contributed by atoms with Gasteiger partial charge in [0.1, 0.15) is 17.6 Å². The van der Waals surface area contributed by atoms with Gasteiger partial charge >= 0.3 is 0 Å². The van der Waals surface area contributed by atoms with Crippen molar-refractivity contribution in [2.45, 2.75) is 51.9 Å². The van der Waals surface area contributed by atoms with Crippen LogP contribution in [0, 0.1) is 25.2 Å². The van der Waals surface area contributed by atoms with Gasteiger partial charge in [-0.3, -0.25) is 4.79 Å². The Hall–Kier alpha value is -3.06. The van der Waals surface area contributed by atoms with Gasteiger partial charge in [-0.2, -0.15) is 5.26 Å². The number of carbonyl (C=O) groups is 1. The second-order valence-corrected chi connectivity index (χ2v) is 7.92. The average molecular weight is 414 g/mol. The number of furan rings is 1. The Morgan fingerprint density at radius 2 is 2.21 bits per heavy atom. The van der Waals surface area contributed by atoms with Crippen LogP contribution >= 0.6 is 11.8 Å². The summed E-state index contributed by atoms with van der Waals surface area (Å²) in [6, 6.07) is 6.03. The summed E-state index contributed by atoms with van der Waals surface area (Å²) in [5.41, 5.74) is 2.23. The molecule has 0 spiro atoms. The topological polar surface area (TPSA) is 115 Å². The number of nitriles is 1. The van der Waals surface area contributed by atoms with Gasteiger partial charge in [-0.1, -0.05) is 11.8 Å². The van der Waals surface area contributed by atoms with Crippen LogP contribution in [0.15, 0.2) is 28.0 Å². The van der Waals surface area contributed by atoms with Crippen molar-refractivity contribution in [3.8, 4) is 6.07 Å². The predicted octanol–water partition coefficient (Wildman–Crippen LogP) is 3.31. The normalized spacial score (nSPS) is 11.0. The number of hydrogen-bond donors (Lipinski definition) is 1. The molecule has 1 N–H and O–H groups in total. The number of hydrogen-bond acceptors (Lipinski definition) is 7. The smallest absolute Gasteiger partial charge is 0.226 e. The molecule has 0 unspecified atom stereocenters. The first-order valence-electron chi connectivity index (χ1n) is 9.25. The SMILES string of the molecule is Cc1c(C#N)c(NC(=O)CCSc2nnnn2C(C)C)n(Cc2ccco2)c1C. The zero-order valence-corrected chi connectivity index (χ0v) is 17.7. The largest absolute Gasteiger partial charge is 0.467 e. The third-order valence-corrected chi connectivity index (χ3v) is 5.54. The highest BCUT2D eigenvalue weighted by molar-refractivity contribution is 7.99. The Morgan fingerprint density at radius 3 is 2.86 bits per heavy atom. The van der Waals surface area contributed by atoms with E-state index in [4.69, 9.17) is 4.42 Å². The molecule has 3 aromatic heterocycles. The van der Waals surface area contributed by atoms with E-state index in [1.165, 1.54) is 11.8 Å². The van der Waals surface area contributed by atoms with Gasteiger partial charge in [-0.25, -0.2) is 4.68 Å². The highest BCUT2D eigenvalue weighted by Crippen LogP contribution is 2.28. The van der Waals surface area contributed by atoms with Crippen LogP contribution in [0.5, 0.6) is 0 Å². The molecule has 10 heteroatoms. The molecule has 0 saturated carbocycles. The number of tetrazole rings is 1. The van der Waals surface area contributed by atoms with Crippen LogP contribution in [-0.4, -0.2) is 36.4 Å². The maximum Gasteiger partial charge on any atom is 0.226 e. The van der Waals surface area contributed by atoms with Gasteiger partial charge in [0.05, 0.1) is 24.4 Å². The lowest BCUT2D eigenvalue weighted by atomic mass is 10.2. The summed E-state index contributed by atoms with van der Waals surface area (Å²) in [6.07, 6.45) is 1.87. The first-order chi connectivity index (χ1) is 13.9. The number of carbonyl (C=O) groups excluding carboxylic acids is 1. The van der Waals surface area contributed by atoms with Gasteiger partial charge in [0.25, 0.3) is 0 Å². The van der Waals surface area contributed by atoms with Crippen LogP contribution in [0.4, 0.5) is 5.82 Å². The fraction of sp³-hybridized carbons (Fsp3) is 0.421. The molecule has 3 heterocycles. The van der Waals surface area contributed by atoms with E-state index in [0.29, 0.717) is 28.8 Å². The summed E-state index contributed by atoms with van der Waals surface area (Å²) in [5, 5.41) is 24.8. The van der Waals surface area contributed by atoms with Crippen LogP contribution in [0.25, 0.3) is 0 Å².